The van der Waals surface area contributed by atoms with Gasteiger partial charge in [0.05, 0.1) is 11.7 Å². The number of hydrogen-bond acceptors (Lipinski definition) is 4. The molecule has 76 valence electrons. The summed E-state index contributed by atoms with van der Waals surface area (Å²) < 4.78 is 1.54. The van der Waals surface area contributed by atoms with E-state index in [1.807, 2.05) is 5.38 Å². The summed E-state index contributed by atoms with van der Waals surface area (Å²) in [6, 6.07) is 1.79. The van der Waals surface area contributed by atoms with Crippen molar-refractivity contribution in [2.24, 2.45) is 5.73 Å². The molecular weight excluding hydrogens is 222 g/mol. The molecule has 0 radical (unpaired) electrons. The molecule has 0 saturated carbocycles. The molecule has 0 bridgehead atoms. The largest absolute Gasteiger partial charge is 0.329 e. The minimum Gasteiger partial charge on any atom is -0.329 e. The number of thiophene rings is 1. The smallest absolute Gasteiger partial charge is 0.262 e. The zero-order chi connectivity index (χ0) is 9.26. The quantitative estimate of drug-likeness (QED) is 0.833. The maximum Gasteiger partial charge on any atom is 0.262 e. The Balaban J connectivity index is 0.000000980. The van der Waals surface area contributed by atoms with Crippen LogP contribution in [0.1, 0.15) is 0 Å². The van der Waals surface area contributed by atoms with E-state index >= 15 is 0 Å². The van der Waals surface area contributed by atoms with Crippen molar-refractivity contribution in [3.05, 3.63) is 28.1 Å². The molecule has 14 heavy (non-hydrogen) atoms. The SMILES string of the molecule is Cl.NCCn1cnc2sccc2c1=O. The second-order valence-electron chi connectivity index (χ2n) is 2.67. The molecule has 6 heteroatoms. The Bertz CT molecular complexity index is 479. The number of nitrogens with two attached hydrogens (primary N) is 1. The molecule has 0 aliphatic rings. The molecule has 2 heterocycles. The Labute approximate surface area is 90.8 Å². The van der Waals surface area contributed by atoms with Gasteiger partial charge in [0, 0.05) is 13.1 Å². The molecule has 0 aromatic carbocycles. The maximum atomic E-state index is 11.7. The van der Waals surface area contributed by atoms with E-state index in [2.05, 4.69) is 4.98 Å². The molecule has 2 aromatic heterocycles. The topological polar surface area (TPSA) is 60.9 Å². The summed E-state index contributed by atoms with van der Waals surface area (Å²) in [7, 11) is 0. The third-order valence-electron chi connectivity index (χ3n) is 1.82. The predicted octanol–water partition coefficient (Wildman–Crippen LogP) is 0.839. The second kappa shape index (κ2) is 4.54. The van der Waals surface area contributed by atoms with Gasteiger partial charge in [0.2, 0.25) is 0 Å². The summed E-state index contributed by atoms with van der Waals surface area (Å²) in [5.74, 6) is 0. The first-order chi connectivity index (χ1) is 6.33. The fourth-order valence-corrected chi connectivity index (χ4v) is 1.92. The van der Waals surface area contributed by atoms with Crippen LogP contribution in [0.5, 0.6) is 0 Å². The molecule has 0 spiro atoms. The number of rotatable bonds is 2. The number of nitrogens with zero attached hydrogens (tertiary/aromatic N) is 2. The first-order valence-electron chi connectivity index (χ1n) is 3.95. The van der Waals surface area contributed by atoms with Gasteiger partial charge in [0.1, 0.15) is 4.83 Å². The molecule has 2 aromatic rings. The zero-order valence-corrected chi connectivity index (χ0v) is 8.98. The molecule has 0 saturated heterocycles. The van der Waals surface area contributed by atoms with Crippen molar-refractivity contribution in [1.29, 1.82) is 0 Å². The minimum absolute atomic E-state index is 0. The highest BCUT2D eigenvalue weighted by Gasteiger charge is 2.03. The van der Waals surface area contributed by atoms with Gasteiger partial charge >= 0.3 is 0 Å². The van der Waals surface area contributed by atoms with Crippen LogP contribution in [0.4, 0.5) is 0 Å². The normalized spacial score (nSPS) is 10.1. The van der Waals surface area contributed by atoms with Crippen molar-refractivity contribution in [3.63, 3.8) is 0 Å². The molecule has 2 rings (SSSR count). The molecule has 2 N–H and O–H groups in total. The van der Waals surface area contributed by atoms with E-state index in [4.69, 9.17) is 5.73 Å². The van der Waals surface area contributed by atoms with E-state index in [1.165, 1.54) is 15.9 Å². The van der Waals surface area contributed by atoms with Gasteiger partial charge in [-0.25, -0.2) is 4.98 Å². The summed E-state index contributed by atoms with van der Waals surface area (Å²) >= 11 is 1.47. The van der Waals surface area contributed by atoms with Gasteiger partial charge in [-0.15, -0.1) is 23.7 Å². The van der Waals surface area contributed by atoms with E-state index in [9.17, 15) is 4.79 Å². The van der Waals surface area contributed by atoms with Gasteiger partial charge in [-0.3, -0.25) is 9.36 Å². The molecule has 0 unspecified atom stereocenters. The summed E-state index contributed by atoms with van der Waals surface area (Å²) in [5.41, 5.74) is 5.36. The average Bonchev–Trinajstić information content (AvgIpc) is 2.58. The van der Waals surface area contributed by atoms with Crippen molar-refractivity contribution in [2.75, 3.05) is 6.54 Å². The lowest BCUT2D eigenvalue weighted by molar-refractivity contribution is 0.674. The molecule has 0 aliphatic carbocycles. The summed E-state index contributed by atoms with van der Waals surface area (Å²) in [6.07, 6.45) is 1.55. The van der Waals surface area contributed by atoms with Crippen LogP contribution in [0.3, 0.4) is 0 Å². The molecular formula is C8H10ClN3OS. The summed E-state index contributed by atoms with van der Waals surface area (Å²) in [6.45, 7) is 0.981. The third-order valence-corrected chi connectivity index (χ3v) is 2.64. The summed E-state index contributed by atoms with van der Waals surface area (Å²) in [5, 5.41) is 2.55. The molecule has 0 aliphatic heterocycles. The van der Waals surface area contributed by atoms with E-state index < -0.39 is 0 Å². The third kappa shape index (κ3) is 1.79. The number of halogens is 1. The monoisotopic (exact) mass is 231 g/mol. The van der Waals surface area contributed by atoms with Crippen molar-refractivity contribution < 1.29 is 0 Å². The van der Waals surface area contributed by atoms with E-state index in [-0.39, 0.29) is 18.0 Å². The predicted molar refractivity (Wildman–Crippen MR) is 60.2 cm³/mol. The van der Waals surface area contributed by atoms with Crippen LogP contribution in [0.15, 0.2) is 22.6 Å². The molecule has 0 fully saturated rings. The van der Waals surface area contributed by atoms with Crippen LogP contribution in [0, 0.1) is 0 Å². The Kier molecular flexibility index (Phi) is 3.62. The van der Waals surface area contributed by atoms with Crippen LogP contribution in [0.25, 0.3) is 10.2 Å². The van der Waals surface area contributed by atoms with Gasteiger partial charge in [-0.2, -0.15) is 0 Å². The first-order valence-corrected chi connectivity index (χ1v) is 4.83. The number of fused-ring (bicyclic) bond motifs is 1. The highest BCUT2D eigenvalue weighted by atomic mass is 35.5. The first kappa shape index (κ1) is 11.2. The van der Waals surface area contributed by atoms with Crippen molar-refractivity contribution in [3.8, 4) is 0 Å². The fourth-order valence-electron chi connectivity index (χ4n) is 1.19. The Morgan fingerprint density at radius 3 is 3.07 bits per heavy atom. The maximum absolute atomic E-state index is 11.7. The Hall–Kier alpha value is -0.910. The van der Waals surface area contributed by atoms with Crippen LogP contribution in [-0.4, -0.2) is 16.1 Å². The van der Waals surface area contributed by atoms with Gasteiger partial charge in [-0.05, 0) is 11.4 Å². The average molecular weight is 232 g/mol. The van der Waals surface area contributed by atoms with Crippen molar-refractivity contribution >= 4 is 34.0 Å². The van der Waals surface area contributed by atoms with Gasteiger partial charge in [0.15, 0.2) is 0 Å². The molecule has 0 atom stereocenters. The van der Waals surface area contributed by atoms with Gasteiger partial charge in [-0.1, -0.05) is 0 Å². The highest BCUT2D eigenvalue weighted by Crippen LogP contribution is 2.12. The van der Waals surface area contributed by atoms with Crippen LogP contribution < -0.4 is 11.3 Å². The summed E-state index contributed by atoms with van der Waals surface area (Å²) in [4.78, 5) is 16.6. The lowest BCUT2D eigenvalue weighted by atomic mass is 10.4. The number of aromatic nitrogens is 2. The van der Waals surface area contributed by atoms with Gasteiger partial charge in [0.25, 0.3) is 5.56 Å². The Morgan fingerprint density at radius 1 is 1.57 bits per heavy atom. The highest BCUT2D eigenvalue weighted by molar-refractivity contribution is 7.16. The second-order valence-corrected chi connectivity index (χ2v) is 3.57. The van der Waals surface area contributed by atoms with Gasteiger partial charge < -0.3 is 5.73 Å². The van der Waals surface area contributed by atoms with Crippen molar-refractivity contribution in [1.82, 2.24) is 9.55 Å². The van der Waals surface area contributed by atoms with Crippen molar-refractivity contribution in [2.45, 2.75) is 6.54 Å². The standard InChI is InChI=1S/C8H9N3OS.ClH/c9-2-3-11-5-10-7-6(8(11)12)1-4-13-7;/h1,4-5H,2-3,9H2;1H. The minimum atomic E-state index is -0.00306. The fraction of sp³-hybridized carbons (Fsp3) is 0.250. The van der Waals surface area contributed by atoms with E-state index in [0.29, 0.717) is 18.5 Å². The van der Waals surface area contributed by atoms with Crippen LogP contribution in [0.2, 0.25) is 0 Å². The van der Waals surface area contributed by atoms with Crippen LogP contribution in [-0.2, 0) is 6.54 Å². The zero-order valence-electron chi connectivity index (χ0n) is 7.34. The lowest BCUT2D eigenvalue weighted by Gasteiger charge is -2.01. The lowest BCUT2D eigenvalue weighted by Crippen LogP contribution is -2.23. The molecule has 0 amide bonds. The van der Waals surface area contributed by atoms with E-state index in [0.717, 1.165) is 4.83 Å². The Morgan fingerprint density at radius 2 is 2.36 bits per heavy atom. The van der Waals surface area contributed by atoms with Crippen LogP contribution >= 0.6 is 23.7 Å². The van der Waals surface area contributed by atoms with E-state index in [1.54, 1.807) is 12.4 Å². The molecule has 4 nitrogen and oxygen atoms in total. The number of hydrogen-bond donors (Lipinski definition) is 1.